The zero-order valence-electron chi connectivity index (χ0n) is 18.3. The summed E-state index contributed by atoms with van der Waals surface area (Å²) < 4.78 is 0. The Bertz CT molecular complexity index is 1080. The average Bonchev–Trinajstić information content (AvgIpc) is 2.73. The van der Waals surface area contributed by atoms with Crippen molar-refractivity contribution in [1.82, 2.24) is 10.2 Å². The van der Waals surface area contributed by atoms with Crippen LogP contribution in [0.2, 0.25) is 0 Å². The van der Waals surface area contributed by atoms with E-state index in [4.69, 9.17) is 0 Å². The molecule has 1 aromatic rings. The van der Waals surface area contributed by atoms with E-state index in [1.54, 1.807) is 27.1 Å². The van der Waals surface area contributed by atoms with Gasteiger partial charge >= 0.3 is 0 Å². The van der Waals surface area contributed by atoms with Gasteiger partial charge in [0, 0.05) is 13.0 Å². The van der Waals surface area contributed by atoms with Crippen LogP contribution in [0.4, 0.5) is 0 Å². The van der Waals surface area contributed by atoms with Gasteiger partial charge in [-0.3, -0.25) is 28.9 Å². The quantitative estimate of drug-likeness (QED) is 0.518. The van der Waals surface area contributed by atoms with Gasteiger partial charge in [0.2, 0.25) is 5.91 Å². The van der Waals surface area contributed by atoms with Crippen molar-refractivity contribution in [3.63, 3.8) is 0 Å². The van der Waals surface area contributed by atoms with Crippen LogP contribution in [0.1, 0.15) is 27.9 Å². The molecule has 0 radical (unpaired) electrons. The molecule has 0 saturated heterocycles. The zero-order chi connectivity index (χ0) is 23.7. The van der Waals surface area contributed by atoms with Crippen molar-refractivity contribution in [2.24, 2.45) is 23.7 Å². The lowest BCUT2D eigenvalue weighted by molar-refractivity contribution is -0.181. The number of benzene rings is 1. The Morgan fingerprint density at radius 3 is 2.41 bits per heavy atom. The van der Waals surface area contributed by atoms with E-state index >= 15 is 0 Å². The smallest absolute Gasteiger partial charge is 0.238 e. The van der Waals surface area contributed by atoms with Crippen LogP contribution in [-0.4, -0.2) is 76.9 Å². The van der Waals surface area contributed by atoms with E-state index in [2.05, 4.69) is 5.32 Å². The number of aliphatic hydroxyl groups is 1. The molecule has 0 heterocycles. The molecule has 4 rings (SSSR count). The number of carbonyl (C=O) groups excluding carboxylic acids is 5. The number of Topliss-reactive ketones (excluding diaryl/α,β-unsaturated/α-hetero) is 4. The molecule has 0 aromatic heterocycles. The molecular weight excluding hydrogens is 416 g/mol. The standard InChI is InChI=1S/C23H26N2O7/c1-9-5-6-13(26)15-11(9)7-10-8-12-17(25(3)4)19(28)16(22(31)24-2)21(30)23(12,32)20(29)14(10)18(15)27/h5-6,10,12,14,16-17,26,32H,7-8H2,1-4H3,(H,24,31)/t10-,12-,14?,16?,17-,23-/m1/s1. The number of fused-ring (bicyclic) bond motifs is 3. The molecule has 6 atom stereocenters. The fourth-order valence-electron chi connectivity index (χ4n) is 5.88. The van der Waals surface area contributed by atoms with Crippen LogP contribution in [0.25, 0.3) is 0 Å². The molecule has 0 aliphatic heterocycles. The topological polar surface area (TPSA) is 141 Å². The number of carbonyl (C=O) groups is 5. The van der Waals surface area contributed by atoms with Crippen molar-refractivity contribution in [2.45, 2.75) is 31.4 Å². The second-order valence-electron chi connectivity index (χ2n) is 9.26. The van der Waals surface area contributed by atoms with Gasteiger partial charge in [-0.25, -0.2) is 0 Å². The number of nitrogens with zero attached hydrogens (tertiary/aromatic N) is 1. The van der Waals surface area contributed by atoms with Crippen molar-refractivity contribution in [3.05, 3.63) is 28.8 Å². The van der Waals surface area contributed by atoms with Gasteiger partial charge in [0.25, 0.3) is 0 Å². The van der Waals surface area contributed by atoms with Crippen LogP contribution in [0.3, 0.4) is 0 Å². The van der Waals surface area contributed by atoms with E-state index in [0.29, 0.717) is 12.0 Å². The summed E-state index contributed by atoms with van der Waals surface area (Å²) >= 11 is 0. The number of hydrogen-bond acceptors (Lipinski definition) is 8. The highest BCUT2D eigenvalue weighted by molar-refractivity contribution is 6.32. The van der Waals surface area contributed by atoms with Crippen molar-refractivity contribution < 1.29 is 34.2 Å². The van der Waals surface area contributed by atoms with Gasteiger partial charge < -0.3 is 15.5 Å². The second kappa shape index (κ2) is 7.31. The predicted octanol–water partition coefficient (Wildman–Crippen LogP) is -0.564. The maximum Gasteiger partial charge on any atom is 0.238 e. The summed E-state index contributed by atoms with van der Waals surface area (Å²) in [5, 5.41) is 24.1. The van der Waals surface area contributed by atoms with E-state index in [-0.39, 0.29) is 17.7 Å². The van der Waals surface area contributed by atoms with Gasteiger partial charge in [-0.1, -0.05) is 6.07 Å². The first kappa shape index (κ1) is 22.3. The minimum Gasteiger partial charge on any atom is -0.507 e. The highest BCUT2D eigenvalue weighted by atomic mass is 16.3. The van der Waals surface area contributed by atoms with Gasteiger partial charge in [0.15, 0.2) is 34.7 Å². The predicted molar refractivity (Wildman–Crippen MR) is 111 cm³/mol. The first-order chi connectivity index (χ1) is 15.0. The third-order valence-electron chi connectivity index (χ3n) is 7.40. The minimum absolute atomic E-state index is 0.0352. The van der Waals surface area contributed by atoms with Crippen LogP contribution in [0.15, 0.2) is 12.1 Å². The van der Waals surface area contributed by atoms with E-state index < -0.39 is 64.4 Å². The Labute approximate surface area is 184 Å². The first-order valence-electron chi connectivity index (χ1n) is 10.5. The van der Waals surface area contributed by atoms with Crippen molar-refractivity contribution in [3.8, 4) is 5.75 Å². The summed E-state index contributed by atoms with van der Waals surface area (Å²) in [6, 6.07) is 2.02. The fraction of sp³-hybridized carbons (Fsp3) is 0.522. The number of rotatable bonds is 2. The minimum atomic E-state index is -2.65. The number of amides is 1. The molecule has 2 saturated carbocycles. The van der Waals surface area contributed by atoms with Gasteiger partial charge in [0.05, 0.1) is 17.5 Å². The number of phenols is 1. The van der Waals surface area contributed by atoms with Crippen molar-refractivity contribution in [1.29, 1.82) is 0 Å². The number of aryl methyl sites for hydroxylation is 1. The SMILES string of the molecule is CNC(=O)C1C(=O)[C@H](N(C)C)[C@H]2C[C@H]3Cc4c(C)ccc(O)c4C(=O)C3C(=O)[C@@]2(O)C1=O. The number of phenolic OH excluding ortho intramolecular Hbond substituents is 1. The van der Waals surface area contributed by atoms with Gasteiger partial charge in [-0.15, -0.1) is 0 Å². The summed E-state index contributed by atoms with van der Waals surface area (Å²) in [6.07, 6.45) is 0.375. The van der Waals surface area contributed by atoms with Crippen LogP contribution in [0.5, 0.6) is 5.75 Å². The van der Waals surface area contributed by atoms with E-state index in [9.17, 15) is 34.2 Å². The van der Waals surface area contributed by atoms with E-state index in [1.165, 1.54) is 18.0 Å². The molecule has 170 valence electrons. The highest BCUT2D eigenvalue weighted by Gasteiger charge is 2.69. The maximum atomic E-state index is 13.6. The molecule has 2 fully saturated rings. The van der Waals surface area contributed by atoms with Gasteiger partial charge in [-0.05, 0) is 57.0 Å². The molecular formula is C23H26N2O7. The molecule has 32 heavy (non-hydrogen) atoms. The van der Waals surface area contributed by atoms with Crippen LogP contribution < -0.4 is 5.32 Å². The van der Waals surface area contributed by atoms with Gasteiger partial charge in [-0.2, -0.15) is 0 Å². The summed E-state index contributed by atoms with van der Waals surface area (Å²) in [4.78, 5) is 67.3. The molecule has 0 spiro atoms. The molecule has 0 bridgehead atoms. The molecule has 1 amide bonds. The summed E-state index contributed by atoms with van der Waals surface area (Å²) in [5.41, 5.74) is -1.19. The maximum absolute atomic E-state index is 13.6. The number of ketones is 4. The van der Waals surface area contributed by atoms with Crippen molar-refractivity contribution in [2.75, 3.05) is 21.1 Å². The molecule has 2 unspecified atom stereocenters. The zero-order valence-corrected chi connectivity index (χ0v) is 18.3. The van der Waals surface area contributed by atoms with E-state index in [1.807, 2.05) is 0 Å². The first-order valence-corrected chi connectivity index (χ1v) is 10.5. The molecule has 3 aliphatic rings. The number of aromatic hydroxyl groups is 1. The molecule has 3 aliphatic carbocycles. The summed E-state index contributed by atoms with van der Waals surface area (Å²) in [7, 11) is 4.43. The van der Waals surface area contributed by atoms with Crippen LogP contribution >= 0.6 is 0 Å². The molecule has 1 aromatic carbocycles. The number of hydrogen-bond donors (Lipinski definition) is 3. The molecule has 9 nitrogen and oxygen atoms in total. The molecule has 9 heteroatoms. The fourth-order valence-corrected chi connectivity index (χ4v) is 5.88. The average molecular weight is 442 g/mol. The number of nitrogens with one attached hydrogen (secondary N) is 1. The molecule has 3 N–H and O–H groups in total. The lowest BCUT2D eigenvalue weighted by atomic mass is 9.52. The van der Waals surface area contributed by atoms with Crippen LogP contribution in [-0.2, 0) is 25.6 Å². The Balaban J connectivity index is 1.88. The van der Waals surface area contributed by atoms with Crippen molar-refractivity contribution >= 4 is 29.0 Å². The normalized spacial score (nSPS) is 34.1. The largest absolute Gasteiger partial charge is 0.507 e. The summed E-state index contributed by atoms with van der Waals surface area (Å²) in [6.45, 7) is 1.80. The van der Waals surface area contributed by atoms with Gasteiger partial charge in [0.1, 0.15) is 5.75 Å². The lowest BCUT2D eigenvalue weighted by Crippen LogP contribution is -2.74. The summed E-state index contributed by atoms with van der Waals surface area (Å²) in [5.74, 6) is -9.43. The second-order valence-corrected chi connectivity index (χ2v) is 9.26. The number of likely N-dealkylation sites (N-methyl/N-ethyl adjacent to an activating group) is 1. The Morgan fingerprint density at radius 1 is 1.16 bits per heavy atom. The Kier molecular flexibility index (Phi) is 5.09. The highest BCUT2D eigenvalue weighted by Crippen LogP contribution is 2.50. The van der Waals surface area contributed by atoms with Crippen LogP contribution in [0, 0.1) is 30.6 Å². The third-order valence-corrected chi connectivity index (χ3v) is 7.40. The Hall–Kier alpha value is -2.91. The Morgan fingerprint density at radius 2 is 1.81 bits per heavy atom. The van der Waals surface area contributed by atoms with E-state index in [0.717, 1.165) is 5.56 Å². The lowest BCUT2D eigenvalue weighted by Gasteiger charge is -2.52. The third kappa shape index (κ3) is 2.74. The monoisotopic (exact) mass is 442 g/mol.